The van der Waals surface area contributed by atoms with Gasteiger partial charge in [-0.05, 0) is 24.4 Å². The van der Waals surface area contributed by atoms with Crippen LogP contribution in [0.1, 0.15) is 11.8 Å². The van der Waals surface area contributed by atoms with Crippen molar-refractivity contribution in [2.45, 2.75) is 13.5 Å². The van der Waals surface area contributed by atoms with Gasteiger partial charge in [-0.15, -0.1) is 22.7 Å². The van der Waals surface area contributed by atoms with Gasteiger partial charge in [-0.2, -0.15) is 0 Å². The number of thiazole rings is 1. The molecule has 8 heteroatoms. The van der Waals surface area contributed by atoms with E-state index in [1.54, 1.807) is 27.1 Å². The molecule has 6 nitrogen and oxygen atoms in total. The summed E-state index contributed by atoms with van der Waals surface area (Å²) in [4.78, 5) is 38.7. The molecule has 0 bridgehead atoms. The SMILES string of the molecule is CCOC(=O)/C=c1/s/c(=C\c2cccs2)c(=O)n1CC(=O)N(C)C. The lowest BCUT2D eigenvalue weighted by atomic mass is 10.4. The van der Waals surface area contributed by atoms with Crippen molar-refractivity contribution in [2.24, 2.45) is 0 Å². The van der Waals surface area contributed by atoms with Gasteiger partial charge >= 0.3 is 5.97 Å². The summed E-state index contributed by atoms with van der Waals surface area (Å²) >= 11 is 2.68. The van der Waals surface area contributed by atoms with E-state index in [-0.39, 0.29) is 24.6 Å². The first-order valence-corrected chi connectivity index (χ1v) is 8.95. The molecule has 0 saturated carbocycles. The van der Waals surface area contributed by atoms with Crippen LogP contribution in [0.3, 0.4) is 0 Å². The van der Waals surface area contributed by atoms with E-state index < -0.39 is 5.97 Å². The van der Waals surface area contributed by atoms with E-state index in [1.165, 1.54) is 38.2 Å². The van der Waals surface area contributed by atoms with Crippen molar-refractivity contribution < 1.29 is 14.3 Å². The van der Waals surface area contributed by atoms with Gasteiger partial charge in [0.2, 0.25) is 5.91 Å². The minimum Gasteiger partial charge on any atom is -0.463 e. The number of nitrogens with zero attached hydrogens (tertiary/aromatic N) is 2. The smallest absolute Gasteiger partial charge is 0.333 e. The molecule has 2 aromatic rings. The zero-order valence-electron chi connectivity index (χ0n) is 13.6. The minimum absolute atomic E-state index is 0.119. The van der Waals surface area contributed by atoms with Crippen molar-refractivity contribution in [2.75, 3.05) is 20.7 Å². The van der Waals surface area contributed by atoms with Gasteiger partial charge in [0.15, 0.2) is 0 Å². The fourth-order valence-electron chi connectivity index (χ4n) is 1.86. The monoisotopic (exact) mass is 366 g/mol. The van der Waals surface area contributed by atoms with E-state index in [1.807, 2.05) is 17.5 Å². The highest BCUT2D eigenvalue weighted by molar-refractivity contribution is 7.11. The maximum absolute atomic E-state index is 12.6. The second-order valence-corrected chi connectivity index (χ2v) is 7.08. The van der Waals surface area contributed by atoms with E-state index >= 15 is 0 Å². The molecule has 0 aliphatic rings. The lowest BCUT2D eigenvalue weighted by Gasteiger charge is -2.10. The van der Waals surface area contributed by atoms with Gasteiger partial charge in [-0.25, -0.2) is 4.79 Å². The van der Waals surface area contributed by atoms with E-state index in [0.717, 1.165) is 4.88 Å². The lowest BCUT2D eigenvalue weighted by Crippen LogP contribution is -2.38. The van der Waals surface area contributed by atoms with Crippen LogP contribution < -0.4 is 14.8 Å². The van der Waals surface area contributed by atoms with Gasteiger partial charge in [0.1, 0.15) is 11.2 Å². The summed E-state index contributed by atoms with van der Waals surface area (Å²) in [5.41, 5.74) is -0.292. The van der Waals surface area contributed by atoms with Crippen LogP contribution in [-0.4, -0.2) is 42.0 Å². The van der Waals surface area contributed by atoms with Crippen molar-refractivity contribution in [3.05, 3.63) is 41.9 Å². The van der Waals surface area contributed by atoms with Gasteiger partial charge in [-0.1, -0.05) is 6.07 Å². The molecule has 0 aromatic carbocycles. The number of carbonyl (C=O) groups is 2. The van der Waals surface area contributed by atoms with Crippen molar-refractivity contribution in [1.29, 1.82) is 0 Å². The molecule has 0 aliphatic heterocycles. The zero-order valence-corrected chi connectivity index (χ0v) is 15.3. The Kier molecular flexibility index (Phi) is 6.10. The van der Waals surface area contributed by atoms with Crippen LogP contribution in [0, 0.1) is 0 Å². The summed E-state index contributed by atoms with van der Waals surface area (Å²) in [7, 11) is 3.24. The van der Waals surface area contributed by atoms with Crippen LogP contribution in [0.25, 0.3) is 12.2 Å². The fourth-order valence-corrected chi connectivity index (χ4v) is 3.61. The predicted octanol–water partition coefficient (Wildman–Crippen LogP) is 0.232. The maximum atomic E-state index is 12.6. The van der Waals surface area contributed by atoms with Crippen molar-refractivity contribution in [3.63, 3.8) is 0 Å². The Bertz CT molecular complexity index is 892. The molecule has 0 saturated heterocycles. The van der Waals surface area contributed by atoms with Crippen LogP contribution in [0.5, 0.6) is 0 Å². The molecule has 0 spiro atoms. The second-order valence-electron chi connectivity index (χ2n) is 5.04. The van der Waals surface area contributed by atoms with Crippen LogP contribution in [0.4, 0.5) is 0 Å². The molecule has 24 heavy (non-hydrogen) atoms. The summed E-state index contributed by atoms with van der Waals surface area (Å²) in [6.45, 7) is 1.83. The molecule has 128 valence electrons. The number of esters is 1. The Morgan fingerprint density at radius 3 is 2.71 bits per heavy atom. The van der Waals surface area contributed by atoms with E-state index in [0.29, 0.717) is 9.20 Å². The molecule has 2 rings (SSSR count). The standard InChI is InChI=1S/C16H18N2O4S2/c1-4-22-15(20)9-14-18(10-13(19)17(2)3)16(21)12(24-14)8-11-6-5-7-23-11/h5-9H,4,10H2,1-3H3/b12-8-,14-9+. The molecule has 2 heterocycles. The average molecular weight is 366 g/mol. The molecule has 0 unspecified atom stereocenters. The normalized spacial score (nSPS) is 12.5. The summed E-state index contributed by atoms with van der Waals surface area (Å²) in [5.74, 6) is -0.761. The van der Waals surface area contributed by atoms with Gasteiger partial charge in [0.05, 0.1) is 17.2 Å². The predicted molar refractivity (Wildman–Crippen MR) is 95.5 cm³/mol. The number of rotatable bonds is 5. The number of aromatic nitrogens is 1. The molecule has 2 aromatic heterocycles. The molecular weight excluding hydrogens is 348 g/mol. The van der Waals surface area contributed by atoms with E-state index in [2.05, 4.69) is 0 Å². The summed E-state index contributed by atoms with van der Waals surface area (Å²) < 4.78 is 7.08. The molecule has 0 radical (unpaired) electrons. The highest BCUT2D eigenvalue weighted by Gasteiger charge is 2.12. The average Bonchev–Trinajstić information content (AvgIpc) is 3.12. The second kappa shape index (κ2) is 8.07. The van der Waals surface area contributed by atoms with Crippen molar-refractivity contribution in [1.82, 2.24) is 9.47 Å². The zero-order chi connectivity index (χ0) is 17.7. The number of ether oxygens (including phenoxy) is 1. The van der Waals surface area contributed by atoms with Gasteiger partial charge in [0, 0.05) is 19.0 Å². The number of hydrogen-bond acceptors (Lipinski definition) is 6. The fraction of sp³-hybridized carbons (Fsp3) is 0.312. The first-order chi connectivity index (χ1) is 11.4. The Morgan fingerprint density at radius 2 is 2.12 bits per heavy atom. The summed E-state index contributed by atoms with van der Waals surface area (Å²) in [5, 5.41) is 1.92. The molecule has 0 fully saturated rings. The lowest BCUT2D eigenvalue weighted by molar-refractivity contribution is -0.135. The third-order valence-corrected chi connectivity index (χ3v) is 4.95. The van der Waals surface area contributed by atoms with Crippen LogP contribution in [0.2, 0.25) is 0 Å². The van der Waals surface area contributed by atoms with Crippen LogP contribution in [0.15, 0.2) is 22.3 Å². The van der Waals surface area contributed by atoms with Crippen molar-refractivity contribution >= 4 is 46.7 Å². The largest absolute Gasteiger partial charge is 0.463 e. The highest BCUT2D eigenvalue weighted by atomic mass is 32.1. The quantitative estimate of drug-likeness (QED) is 0.711. The van der Waals surface area contributed by atoms with Gasteiger partial charge < -0.3 is 9.64 Å². The number of hydrogen-bond donors (Lipinski definition) is 0. The molecule has 0 atom stereocenters. The Labute approximate surface area is 146 Å². The first kappa shape index (κ1) is 18.2. The van der Waals surface area contributed by atoms with Gasteiger partial charge in [0.25, 0.3) is 5.56 Å². The number of thiophene rings is 1. The highest BCUT2D eigenvalue weighted by Crippen LogP contribution is 2.08. The third-order valence-electron chi connectivity index (χ3n) is 3.07. The van der Waals surface area contributed by atoms with Crippen LogP contribution in [-0.2, 0) is 20.9 Å². The molecular formula is C16H18N2O4S2. The Morgan fingerprint density at radius 1 is 1.38 bits per heavy atom. The molecule has 0 aliphatic carbocycles. The minimum atomic E-state index is -0.535. The van der Waals surface area contributed by atoms with E-state index in [4.69, 9.17) is 4.74 Å². The Balaban J connectivity index is 2.57. The number of amides is 1. The topological polar surface area (TPSA) is 68.6 Å². The van der Waals surface area contributed by atoms with Gasteiger partial charge in [-0.3, -0.25) is 14.2 Å². The maximum Gasteiger partial charge on any atom is 0.333 e. The number of carbonyl (C=O) groups excluding carboxylic acids is 2. The number of likely N-dealkylation sites (N-methyl/N-ethyl adjacent to an activating group) is 1. The molecule has 1 amide bonds. The van der Waals surface area contributed by atoms with Crippen molar-refractivity contribution in [3.8, 4) is 0 Å². The first-order valence-electron chi connectivity index (χ1n) is 7.26. The summed E-state index contributed by atoms with van der Waals surface area (Å²) in [6.07, 6.45) is 3.01. The Hall–Kier alpha value is -2.19. The van der Waals surface area contributed by atoms with Crippen LogP contribution >= 0.6 is 22.7 Å². The van der Waals surface area contributed by atoms with E-state index in [9.17, 15) is 14.4 Å². The molecule has 0 N–H and O–H groups in total. The summed E-state index contributed by atoms with van der Waals surface area (Å²) in [6, 6.07) is 3.79. The third kappa shape index (κ3) is 4.42.